The van der Waals surface area contributed by atoms with E-state index >= 15 is 0 Å². The number of nitrogens with zero attached hydrogens (tertiary/aromatic N) is 2. The standard InChI is InChI=1S/C21H20F3N3O3/c1-13-10-17(30-21(22,23)24)14(2)9-16(13)25-20-26-19(28)18(29-3)12-27(20)11-15-7-5-4-6-8-15/h4-10,12H,11H2,1-3H3,(H,25,26,28). The number of rotatable bonds is 6. The first kappa shape index (κ1) is 21.2. The van der Waals surface area contributed by atoms with Gasteiger partial charge in [0.05, 0.1) is 19.9 Å². The number of anilines is 2. The molecule has 0 bridgehead atoms. The molecule has 158 valence electrons. The van der Waals surface area contributed by atoms with E-state index in [9.17, 15) is 18.0 Å². The lowest BCUT2D eigenvalue weighted by Gasteiger charge is -2.18. The van der Waals surface area contributed by atoms with Gasteiger partial charge in [0.2, 0.25) is 11.7 Å². The van der Waals surface area contributed by atoms with Crippen LogP contribution in [0.5, 0.6) is 11.5 Å². The molecule has 0 atom stereocenters. The number of aryl methyl sites for hydroxylation is 2. The summed E-state index contributed by atoms with van der Waals surface area (Å²) < 4.78 is 48.6. The van der Waals surface area contributed by atoms with E-state index in [0.29, 0.717) is 17.8 Å². The topological polar surface area (TPSA) is 65.4 Å². The average molecular weight is 419 g/mol. The highest BCUT2D eigenvalue weighted by atomic mass is 19.4. The Hall–Kier alpha value is -3.49. The minimum atomic E-state index is -4.78. The first-order valence-corrected chi connectivity index (χ1v) is 8.99. The van der Waals surface area contributed by atoms with Gasteiger partial charge in [0.25, 0.3) is 0 Å². The second-order valence-electron chi connectivity index (χ2n) is 6.66. The molecule has 1 heterocycles. The lowest BCUT2D eigenvalue weighted by atomic mass is 10.1. The van der Waals surface area contributed by atoms with Gasteiger partial charge in [0, 0.05) is 5.69 Å². The van der Waals surface area contributed by atoms with E-state index in [-0.39, 0.29) is 23.0 Å². The van der Waals surface area contributed by atoms with Crippen LogP contribution >= 0.6 is 0 Å². The van der Waals surface area contributed by atoms with Crippen molar-refractivity contribution in [3.05, 3.63) is 75.7 Å². The van der Waals surface area contributed by atoms with E-state index in [1.165, 1.54) is 32.4 Å². The van der Waals surface area contributed by atoms with E-state index in [0.717, 1.165) is 5.56 Å². The molecule has 3 rings (SSSR count). The summed E-state index contributed by atoms with van der Waals surface area (Å²) in [6, 6.07) is 12.3. The second kappa shape index (κ2) is 8.48. The van der Waals surface area contributed by atoms with Crippen LogP contribution in [0.15, 0.2) is 53.5 Å². The number of nitrogens with one attached hydrogen (secondary N) is 1. The van der Waals surface area contributed by atoms with Crippen molar-refractivity contribution in [1.29, 1.82) is 0 Å². The summed E-state index contributed by atoms with van der Waals surface area (Å²) in [6.07, 6.45) is -3.24. The number of hydrogen-bond acceptors (Lipinski definition) is 5. The van der Waals surface area contributed by atoms with Gasteiger partial charge < -0.3 is 19.4 Å². The van der Waals surface area contributed by atoms with Gasteiger partial charge in [-0.1, -0.05) is 30.3 Å². The Balaban J connectivity index is 1.98. The summed E-state index contributed by atoms with van der Waals surface area (Å²) in [7, 11) is 1.38. The molecular weight excluding hydrogens is 399 g/mol. The highest BCUT2D eigenvalue weighted by Crippen LogP contribution is 2.32. The third kappa shape index (κ3) is 5.11. The van der Waals surface area contributed by atoms with Crippen LogP contribution in [0.1, 0.15) is 16.7 Å². The van der Waals surface area contributed by atoms with E-state index in [4.69, 9.17) is 4.74 Å². The van der Waals surface area contributed by atoms with Crippen LogP contribution in [0.25, 0.3) is 0 Å². The summed E-state index contributed by atoms with van der Waals surface area (Å²) >= 11 is 0. The van der Waals surface area contributed by atoms with Crippen molar-refractivity contribution in [2.75, 3.05) is 12.4 Å². The van der Waals surface area contributed by atoms with Gasteiger partial charge in [-0.2, -0.15) is 4.98 Å². The zero-order valence-electron chi connectivity index (χ0n) is 16.6. The summed E-state index contributed by atoms with van der Waals surface area (Å²) in [5.41, 5.74) is 1.69. The smallest absolute Gasteiger partial charge is 0.490 e. The molecule has 0 aliphatic heterocycles. The third-order valence-electron chi connectivity index (χ3n) is 4.37. The molecule has 3 aromatic rings. The lowest BCUT2D eigenvalue weighted by Crippen LogP contribution is -2.19. The van der Waals surface area contributed by atoms with Crippen LogP contribution in [-0.4, -0.2) is 23.0 Å². The van der Waals surface area contributed by atoms with Gasteiger partial charge >= 0.3 is 11.9 Å². The molecule has 9 heteroatoms. The quantitative estimate of drug-likeness (QED) is 0.635. The second-order valence-corrected chi connectivity index (χ2v) is 6.66. The number of ether oxygens (including phenoxy) is 2. The fraction of sp³-hybridized carbons (Fsp3) is 0.238. The maximum absolute atomic E-state index is 12.6. The molecule has 0 saturated heterocycles. The van der Waals surface area contributed by atoms with Crippen LogP contribution in [0.3, 0.4) is 0 Å². The van der Waals surface area contributed by atoms with Crippen LogP contribution in [0.2, 0.25) is 0 Å². The third-order valence-corrected chi connectivity index (χ3v) is 4.37. The van der Waals surface area contributed by atoms with Crippen molar-refractivity contribution in [1.82, 2.24) is 9.55 Å². The number of alkyl halides is 3. The maximum atomic E-state index is 12.6. The van der Waals surface area contributed by atoms with Crippen LogP contribution in [-0.2, 0) is 6.54 Å². The summed E-state index contributed by atoms with van der Waals surface area (Å²) in [6.45, 7) is 3.54. The molecule has 0 aliphatic carbocycles. The Morgan fingerprint density at radius 3 is 2.40 bits per heavy atom. The van der Waals surface area contributed by atoms with Gasteiger partial charge in [-0.05, 0) is 42.7 Å². The monoisotopic (exact) mass is 419 g/mol. The summed E-state index contributed by atoms with van der Waals surface area (Å²) in [5, 5.41) is 3.04. The van der Waals surface area contributed by atoms with Crippen LogP contribution in [0, 0.1) is 13.8 Å². The van der Waals surface area contributed by atoms with E-state index in [1.807, 2.05) is 30.3 Å². The zero-order chi connectivity index (χ0) is 21.9. The number of aromatic nitrogens is 2. The molecular formula is C21H20F3N3O3. The SMILES string of the molecule is COc1cn(Cc2ccccc2)c(Nc2cc(C)c(OC(F)(F)F)cc2C)nc1=O. The molecule has 6 nitrogen and oxygen atoms in total. The molecule has 1 aromatic heterocycles. The van der Waals surface area contributed by atoms with E-state index in [1.54, 1.807) is 11.5 Å². The predicted octanol–water partition coefficient (Wildman–Crippen LogP) is 4.56. The molecule has 2 aromatic carbocycles. The highest BCUT2D eigenvalue weighted by Gasteiger charge is 2.32. The molecule has 0 amide bonds. The fourth-order valence-corrected chi connectivity index (χ4v) is 2.89. The van der Waals surface area contributed by atoms with E-state index in [2.05, 4.69) is 15.0 Å². The van der Waals surface area contributed by atoms with Gasteiger partial charge in [-0.25, -0.2) is 0 Å². The Morgan fingerprint density at radius 1 is 1.07 bits per heavy atom. The summed E-state index contributed by atoms with van der Waals surface area (Å²) in [5.74, 6) is 0.0323. The van der Waals surface area contributed by atoms with Gasteiger partial charge in [-0.3, -0.25) is 4.79 Å². The number of benzene rings is 2. The number of hydrogen-bond donors (Lipinski definition) is 1. The molecule has 0 aliphatic rings. The molecule has 0 fully saturated rings. The number of methoxy groups -OCH3 is 1. The normalized spacial score (nSPS) is 11.3. The highest BCUT2D eigenvalue weighted by molar-refractivity contribution is 5.62. The predicted molar refractivity (Wildman–Crippen MR) is 106 cm³/mol. The molecule has 0 saturated carbocycles. The minimum absolute atomic E-state index is 0.0818. The molecule has 0 unspecified atom stereocenters. The Bertz CT molecular complexity index is 1100. The van der Waals surface area contributed by atoms with E-state index < -0.39 is 11.9 Å². The van der Waals surface area contributed by atoms with Crippen LogP contribution in [0.4, 0.5) is 24.8 Å². The molecule has 0 spiro atoms. The summed E-state index contributed by atoms with van der Waals surface area (Å²) in [4.78, 5) is 16.2. The van der Waals surface area contributed by atoms with Crippen molar-refractivity contribution < 1.29 is 22.6 Å². The first-order chi connectivity index (χ1) is 14.2. The Morgan fingerprint density at radius 2 is 1.77 bits per heavy atom. The van der Waals surface area contributed by atoms with Crippen molar-refractivity contribution in [2.24, 2.45) is 0 Å². The zero-order valence-corrected chi connectivity index (χ0v) is 16.6. The average Bonchev–Trinajstić information content (AvgIpc) is 2.67. The molecule has 1 N–H and O–H groups in total. The van der Waals surface area contributed by atoms with Gasteiger partial charge in [-0.15, -0.1) is 13.2 Å². The first-order valence-electron chi connectivity index (χ1n) is 8.99. The largest absolute Gasteiger partial charge is 0.573 e. The molecule has 0 radical (unpaired) electrons. The van der Waals surface area contributed by atoms with Crippen molar-refractivity contribution >= 4 is 11.6 Å². The maximum Gasteiger partial charge on any atom is 0.573 e. The number of halogens is 3. The van der Waals surface area contributed by atoms with Crippen molar-refractivity contribution in [2.45, 2.75) is 26.8 Å². The fourth-order valence-electron chi connectivity index (χ4n) is 2.89. The van der Waals surface area contributed by atoms with Crippen molar-refractivity contribution in [3.63, 3.8) is 0 Å². The van der Waals surface area contributed by atoms with Crippen LogP contribution < -0.4 is 20.3 Å². The molecule has 30 heavy (non-hydrogen) atoms. The Kier molecular flexibility index (Phi) is 6.00. The van der Waals surface area contributed by atoms with Gasteiger partial charge in [0.1, 0.15) is 5.75 Å². The lowest BCUT2D eigenvalue weighted by molar-refractivity contribution is -0.274. The van der Waals surface area contributed by atoms with Crippen molar-refractivity contribution in [3.8, 4) is 11.5 Å². The minimum Gasteiger partial charge on any atom is -0.490 e. The Labute approximate surface area is 170 Å². The van der Waals surface area contributed by atoms with Gasteiger partial charge in [0.15, 0.2) is 0 Å².